The van der Waals surface area contributed by atoms with Gasteiger partial charge >= 0.3 is 0 Å². The first kappa shape index (κ1) is 16.7. The van der Waals surface area contributed by atoms with Crippen molar-refractivity contribution in [2.75, 3.05) is 19.7 Å². The van der Waals surface area contributed by atoms with Crippen LogP contribution in [0.15, 0.2) is 0 Å². The minimum Gasteiger partial charge on any atom is -0.377 e. The lowest BCUT2D eigenvalue weighted by molar-refractivity contribution is -0.124. The molecule has 1 saturated carbocycles. The Morgan fingerprint density at radius 3 is 2.67 bits per heavy atom. The average molecular weight is 297 g/mol. The number of carbonyl (C=O) groups is 1. The molecule has 0 spiro atoms. The van der Waals surface area contributed by atoms with Gasteiger partial charge in [-0.25, -0.2) is 0 Å². The molecule has 3 unspecified atom stereocenters. The van der Waals surface area contributed by atoms with Crippen LogP contribution in [0, 0.1) is 0 Å². The third-order valence-corrected chi connectivity index (χ3v) is 4.84. The van der Waals surface area contributed by atoms with Gasteiger partial charge in [-0.05, 0) is 52.5 Å². The van der Waals surface area contributed by atoms with Crippen LogP contribution in [0.2, 0.25) is 0 Å². The van der Waals surface area contributed by atoms with Crippen LogP contribution < -0.4 is 11.1 Å². The van der Waals surface area contributed by atoms with Gasteiger partial charge in [0.05, 0.1) is 11.6 Å². The normalized spacial score (nSPS) is 26.8. The summed E-state index contributed by atoms with van der Waals surface area (Å²) in [5, 5.41) is 3.44. The summed E-state index contributed by atoms with van der Waals surface area (Å²) in [6.45, 7) is 9.12. The van der Waals surface area contributed by atoms with Crippen LogP contribution in [0.1, 0.15) is 52.9 Å². The molecule has 0 aromatic carbocycles. The minimum absolute atomic E-state index is 0.241. The molecule has 0 aromatic heterocycles. The zero-order valence-electron chi connectivity index (χ0n) is 13.7. The molecule has 3 N–H and O–H groups in total. The molecule has 2 rings (SSSR count). The molecule has 1 aliphatic heterocycles. The van der Waals surface area contributed by atoms with E-state index in [1.807, 2.05) is 6.92 Å². The van der Waals surface area contributed by atoms with Crippen LogP contribution >= 0.6 is 0 Å². The summed E-state index contributed by atoms with van der Waals surface area (Å²) >= 11 is 0. The summed E-state index contributed by atoms with van der Waals surface area (Å²) < 4.78 is 5.74. The zero-order valence-corrected chi connectivity index (χ0v) is 13.7. The Morgan fingerprint density at radius 1 is 1.48 bits per heavy atom. The van der Waals surface area contributed by atoms with Gasteiger partial charge in [-0.3, -0.25) is 9.69 Å². The van der Waals surface area contributed by atoms with E-state index in [-0.39, 0.29) is 5.91 Å². The number of nitrogens with zero attached hydrogens (tertiary/aromatic N) is 1. The second-order valence-electron chi connectivity index (χ2n) is 6.89. The molecule has 122 valence electrons. The zero-order chi connectivity index (χ0) is 15.5. The van der Waals surface area contributed by atoms with Crippen LogP contribution in [0.4, 0.5) is 0 Å². The second-order valence-corrected chi connectivity index (χ2v) is 6.89. The standard InChI is InChI=1S/C16H31N3O2/c1-4-19(11-14-6-5-9-21-14)12(2)10-16(3,15(17)20)18-13-7-8-13/h12-14,18H,4-11H2,1-3H3,(H2,17,20). The van der Waals surface area contributed by atoms with E-state index in [0.717, 1.165) is 45.4 Å². The van der Waals surface area contributed by atoms with Gasteiger partial charge < -0.3 is 15.8 Å². The lowest BCUT2D eigenvalue weighted by Crippen LogP contribution is -2.57. The molecular formula is C16H31N3O2. The topological polar surface area (TPSA) is 67.6 Å². The molecule has 2 fully saturated rings. The van der Waals surface area contributed by atoms with E-state index in [4.69, 9.17) is 10.5 Å². The fraction of sp³-hybridized carbons (Fsp3) is 0.938. The molecule has 21 heavy (non-hydrogen) atoms. The average Bonchev–Trinajstić information content (AvgIpc) is 3.07. The van der Waals surface area contributed by atoms with E-state index < -0.39 is 5.54 Å². The van der Waals surface area contributed by atoms with E-state index in [0.29, 0.717) is 18.2 Å². The summed E-state index contributed by atoms with van der Waals surface area (Å²) in [7, 11) is 0. The van der Waals surface area contributed by atoms with Crippen LogP contribution in [0.25, 0.3) is 0 Å². The van der Waals surface area contributed by atoms with Crippen molar-refractivity contribution < 1.29 is 9.53 Å². The summed E-state index contributed by atoms with van der Waals surface area (Å²) in [6, 6.07) is 0.783. The number of likely N-dealkylation sites (N-methyl/N-ethyl adjacent to an activating group) is 1. The third-order valence-electron chi connectivity index (χ3n) is 4.84. The molecule has 0 radical (unpaired) electrons. The van der Waals surface area contributed by atoms with Gasteiger partial charge in [0.1, 0.15) is 0 Å². The maximum atomic E-state index is 11.9. The molecule has 3 atom stereocenters. The Kier molecular flexibility index (Phi) is 5.63. The number of primary amides is 1. The predicted molar refractivity (Wildman–Crippen MR) is 84.1 cm³/mol. The SMILES string of the molecule is CCN(CC1CCCO1)C(C)CC(C)(NC1CC1)C(N)=O. The van der Waals surface area contributed by atoms with Crippen molar-refractivity contribution >= 4 is 5.91 Å². The van der Waals surface area contributed by atoms with Crippen molar-refractivity contribution in [3.05, 3.63) is 0 Å². The van der Waals surface area contributed by atoms with Gasteiger partial charge in [0, 0.05) is 25.2 Å². The Morgan fingerprint density at radius 2 is 2.19 bits per heavy atom. The first-order chi connectivity index (χ1) is 9.94. The number of ether oxygens (including phenoxy) is 1. The molecule has 2 aliphatic rings. The highest BCUT2D eigenvalue weighted by Gasteiger charge is 2.39. The van der Waals surface area contributed by atoms with Crippen LogP contribution in [-0.4, -0.2) is 54.2 Å². The molecule has 1 aliphatic carbocycles. The summed E-state index contributed by atoms with van der Waals surface area (Å²) in [4.78, 5) is 14.3. The number of nitrogens with two attached hydrogens (primary N) is 1. The van der Waals surface area contributed by atoms with E-state index in [9.17, 15) is 4.79 Å². The van der Waals surface area contributed by atoms with Gasteiger partial charge in [-0.1, -0.05) is 6.92 Å². The molecule has 1 heterocycles. The second kappa shape index (κ2) is 7.07. The highest BCUT2D eigenvalue weighted by atomic mass is 16.5. The summed E-state index contributed by atoms with van der Waals surface area (Å²) in [6.07, 6.45) is 5.73. The van der Waals surface area contributed by atoms with Crippen LogP contribution in [0.3, 0.4) is 0 Å². The fourth-order valence-electron chi connectivity index (χ4n) is 3.30. The Labute approximate surface area is 128 Å². The number of hydrogen-bond donors (Lipinski definition) is 2. The van der Waals surface area contributed by atoms with E-state index in [1.165, 1.54) is 6.42 Å². The lowest BCUT2D eigenvalue weighted by atomic mass is 9.91. The smallest absolute Gasteiger partial charge is 0.237 e. The number of rotatable bonds is 9. The summed E-state index contributed by atoms with van der Waals surface area (Å²) in [5.41, 5.74) is 5.05. The van der Waals surface area contributed by atoms with Crippen molar-refractivity contribution in [1.29, 1.82) is 0 Å². The van der Waals surface area contributed by atoms with Gasteiger partial charge in [0.15, 0.2) is 0 Å². The largest absolute Gasteiger partial charge is 0.377 e. The number of hydrogen-bond acceptors (Lipinski definition) is 4. The molecule has 0 aromatic rings. The van der Waals surface area contributed by atoms with E-state index in [1.54, 1.807) is 0 Å². The van der Waals surface area contributed by atoms with Gasteiger partial charge in [-0.15, -0.1) is 0 Å². The molecular weight excluding hydrogens is 266 g/mol. The van der Waals surface area contributed by atoms with E-state index >= 15 is 0 Å². The summed E-state index contributed by atoms with van der Waals surface area (Å²) in [5.74, 6) is -0.241. The molecule has 5 nitrogen and oxygen atoms in total. The highest BCUT2D eigenvalue weighted by molar-refractivity contribution is 5.84. The maximum Gasteiger partial charge on any atom is 0.237 e. The van der Waals surface area contributed by atoms with Crippen molar-refractivity contribution in [1.82, 2.24) is 10.2 Å². The first-order valence-corrected chi connectivity index (χ1v) is 8.38. The predicted octanol–water partition coefficient (Wildman–Crippen LogP) is 1.26. The number of amides is 1. The Bertz CT molecular complexity index is 353. The molecule has 1 amide bonds. The van der Waals surface area contributed by atoms with Crippen molar-refractivity contribution in [3.63, 3.8) is 0 Å². The molecule has 5 heteroatoms. The van der Waals surface area contributed by atoms with Crippen molar-refractivity contribution in [2.45, 2.75) is 76.6 Å². The first-order valence-electron chi connectivity index (χ1n) is 8.38. The maximum absolute atomic E-state index is 11.9. The number of nitrogens with one attached hydrogen (secondary N) is 1. The molecule has 1 saturated heterocycles. The van der Waals surface area contributed by atoms with Gasteiger partial charge in [0.2, 0.25) is 5.91 Å². The van der Waals surface area contributed by atoms with Gasteiger partial charge in [-0.2, -0.15) is 0 Å². The van der Waals surface area contributed by atoms with Crippen molar-refractivity contribution in [2.24, 2.45) is 5.73 Å². The molecule has 0 bridgehead atoms. The van der Waals surface area contributed by atoms with E-state index in [2.05, 4.69) is 24.1 Å². The quantitative estimate of drug-likeness (QED) is 0.672. The van der Waals surface area contributed by atoms with Crippen LogP contribution in [-0.2, 0) is 9.53 Å². The van der Waals surface area contributed by atoms with Gasteiger partial charge in [0.25, 0.3) is 0 Å². The lowest BCUT2D eigenvalue weighted by Gasteiger charge is -2.36. The Hall–Kier alpha value is -0.650. The highest BCUT2D eigenvalue weighted by Crippen LogP contribution is 2.26. The Balaban J connectivity index is 1.91. The number of carbonyl (C=O) groups excluding carboxylic acids is 1. The minimum atomic E-state index is -0.607. The van der Waals surface area contributed by atoms with Crippen LogP contribution in [0.5, 0.6) is 0 Å². The van der Waals surface area contributed by atoms with Crippen molar-refractivity contribution in [3.8, 4) is 0 Å². The third kappa shape index (κ3) is 4.66. The monoisotopic (exact) mass is 297 g/mol. The fourth-order valence-corrected chi connectivity index (χ4v) is 3.30.